The van der Waals surface area contributed by atoms with Gasteiger partial charge in [-0.05, 0) is 49.6 Å². The van der Waals surface area contributed by atoms with E-state index in [-0.39, 0.29) is 17.3 Å². The summed E-state index contributed by atoms with van der Waals surface area (Å²) in [6.45, 7) is 2.28. The SMILES string of the molecule is CC1CCc2cc(OCc3c(Cl)ccc([N+](=O)[O-])c3Cl)ccc2N1C. The number of halogens is 2. The summed E-state index contributed by atoms with van der Waals surface area (Å²) in [6.07, 6.45) is 2.09. The molecule has 0 aromatic heterocycles. The third-order valence-electron chi connectivity index (χ3n) is 4.67. The first-order valence-corrected chi connectivity index (χ1v) is 8.74. The van der Waals surface area contributed by atoms with Gasteiger partial charge in [-0.1, -0.05) is 23.2 Å². The van der Waals surface area contributed by atoms with E-state index < -0.39 is 4.92 Å². The van der Waals surface area contributed by atoms with Crippen LogP contribution in [0.2, 0.25) is 10.0 Å². The second-order valence-corrected chi connectivity index (χ2v) is 6.98. The smallest absolute Gasteiger partial charge is 0.288 e. The molecule has 0 fully saturated rings. The maximum absolute atomic E-state index is 11.0. The number of rotatable bonds is 4. The van der Waals surface area contributed by atoms with E-state index in [1.165, 1.54) is 23.4 Å². The molecule has 0 radical (unpaired) electrons. The monoisotopic (exact) mass is 380 g/mol. The zero-order chi connectivity index (χ0) is 18.1. The molecule has 25 heavy (non-hydrogen) atoms. The minimum Gasteiger partial charge on any atom is -0.489 e. The summed E-state index contributed by atoms with van der Waals surface area (Å²) >= 11 is 12.2. The maximum atomic E-state index is 11.0. The van der Waals surface area contributed by atoms with Gasteiger partial charge >= 0.3 is 0 Å². The molecule has 2 aromatic carbocycles. The third-order valence-corrected chi connectivity index (χ3v) is 5.44. The molecule has 0 spiro atoms. The molecule has 1 aliphatic heterocycles. The van der Waals surface area contributed by atoms with Crippen molar-refractivity contribution in [3.63, 3.8) is 0 Å². The molecule has 3 rings (SSSR count). The summed E-state index contributed by atoms with van der Waals surface area (Å²) in [4.78, 5) is 12.7. The molecule has 1 atom stereocenters. The molecule has 7 heteroatoms. The van der Waals surface area contributed by atoms with Crippen molar-refractivity contribution in [3.05, 3.63) is 61.6 Å². The van der Waals surface area contributed by atoms with Gasteiger partial charge in [0.1, 0.15) is 17.4 Å². The molecule has 0 N–H and O–H groups in total. The van der Waals surface area contributed by atoms with E-state index in [1.54, 1.807) is 0 Å². The lowest BCUT2D eigenvalue weighted by molar-refractivity contribution is -0.384. The Morgan fingerprint density at radius 1 is 1.32 bits per heavy atom. The van der Waals surface area contributed by atoms with Crippen molar-refractivity contribution in [2.75, 3.05) is 11.9 Å². The van der Waals surface area contributed by atoms with Crippen LogP contribution in [0.4, 0.5) is 11.4 Å². The van der Waals surface area contributed by atoms with Crippen molar-refractivity contribution < 1.29 is 9.66 Å². The van der Waals surface area contributed by atoms with Gasteiger partial charge in [-0.2, -0.15) is 0 Å². The molecule has 0 bridgehead atoms. The zero-order valence-electron chi connectivity index (χ0n) is 14.0. The lowest BCUT2D eigenvalue weighted by Gasteiger charge is -2.34. The Labute approximate surface area is 156 Å². The number of hydrogen-bond acceptors (Lipinski definition) is 4. The number of hydrogen-bond donors (Lipinski definition) is 0. The minimum absolute atomic E-state index is 0.0176. The highest BCUT2D eigenvalue weighted by atomic mass is 35.5. The average Bonchev–Trinajstić information content (AvgIpc) is 2.57. The standard InChI is InChI=1S/C18H18Cl2N2O3/c1-11-3-4-12-9-13(5-7-16(12)21(11)2)25-10-14-15(19)6-8-17(18(14)20)22(23)24/h5-9,11H,3-4,10H2,1-2H3. The van der Waals surface area contributed by atoms with Crippen molar-refractivity contribution in [2.24, 2.45) is 0 Å². The van der Waals surface area contributed by atoms with Crippen LogP contribution < -0.4 is 9.64 Å². The number of nitro benzene ring substituents is 1. The van der Waals surface area contributed by atoms with Crippen molar-refractivity contribution in [3.8, 4) is 5.75 Å². The highest BCUT2D eigenvalue weighted by molar-refractivity contribution is 6.37. The van der Waals surface area contributed by atoms with Crippen LogP contribution in [0.15, 0.2) is 30.3 Å². The quantitative estimate of drug-likeness (QED) is 0.536. The summed E-state index contributed by atoms with van der Waals surface area (Å²) in [5.41, 5.74) is 2.68. The van der Waals surface area contributed by atoms with Crippen molar-refractivity contribution in [1.82, 2.24) is 0 Å². The number of benzene rings is 2. The Kier molecular flexibility index (Phi) is 5.06. The van der Waals surface area contributed by atoms with Crippen LogP contribution in [0, 0.1) is 10.1 Å². The number of fused-ring (bicyclic) bond motifs is 1. The number of ether oxygens (including phenoxy) is 1. The van der Waals surface area contributed by atoms with E-state index in [0.717, 1.165) is 12.8 Å². The molecule has 2 aromatic rings. The first-order valence-electron chi connectivity index (χ1n) is 7.98. The molecule has 5 nitrogen and oxygen atoms in total. The number of anilines is 1. The van der Waals surface area contributed by atoms with Crippen LogP contribution >= 0.6 is 23.2 Å². The fraction of sp³-hybridized carbons (Fsp3) is 0.333. The molecule has 132 valence electrons. The average molecular weight is 381 g/mol. The second kappa shape index (κ2) is 7.10. The predicted octanol–water partition coefficient (Wildman–Crippen LogP) is 5.25. The number of aryl methyl sites for hydroxylation is 1. The summed E-state index contributed by atoms with van der Waals surface area (Å²) < 4.78 is 5.81. The maximum Gasteiger partial charge on any atom is 0.288 e. The fourth-order valence-electron chi connectivity index (χ4n) is 3.01. The van der Waals surface area contributed by atoms with E-state index in [4.69, 9.17) is 27.9 Å². The molecule has 0 amide bonds. The van der Waals surface area contributed by atoms with Gasteiger partial charge in [-0.3, -0.25) is 10.1 Å². The largest absolute Gasteiger partial charge is 0.489 e. The highest BCUT2D eigenvalue weighted by Gasteiger charge is 2.21. The van der Waals surface area contributed by atoms with E-state index in [2.05, 4.69) is 18.9 Å². The van der Waals surface area contributed by atoms with Gasteiger partial charge in [0.05, 0.1) is 4.92 Å². The second-order valence-electron chi connectivity index (χ2n) is 6.19. The molecule has 1 heterocycles. The Hall–Kier alpha value is -1.98. The number of nitro groups is 1. The van der Waals surface area contributed by atoms with Gasteiger partial charge in [-0.15, -0.1) is 0 Å². The highest BCUT2D eigenvalue weighted by Crippen LogP contribution is 2.35. The minimum atomic E-state index is -0.530. The molecule has 1 unspecified atom stereocenters. The molecular weight excluding hydrogens is 363 g/mol. The van der Waals surface area contributed by atoms with E-state index in [9.17, 15) is 10.1 Å². The van der Waals surface area contributed by atoms with Crippen molar-refractivity contribution in [2.45, 2.75) is 32.4 Å². The summed E-state index contributed by atoms with van der Waals surface area (Å²) in [5.74, 6) is 0.695. The topological polar surface area (TPSA) is 55.6 Å². The van der Waals surface area contributed by atoms with E-state index >= 15 is 0 Å². The Morgan fingerprint density at radius 2 is 2.08 bits per heavy atom. The van der Waals surface area contributed by atoms with E-state index in [0.29, 0.717) is 22.4 Å². The Balaban J connectivity index is 1.81. The molecular formula is C18H18Cl2N2O3. The molecule has 0 aliphatic carbocycles. The van der Waals surface area contributed by atoms with E-state index in [1.807, 2.05) is 18.2 Å². The van der Waals surface area contributed by atoms with Gasteiger partial charge in [0.25, 0.3) is 5.69 Å². The lowest BCUT2D eigenvalue weighted by atomic mass is 9.97. The molecule has 1 aliphatic rings. The van der Waals surface area contributed by atoms with Crippen LogP contribution in [0.3, 0.4) is 0 Å². The van der Waals surface area contributed by atoms with Crippen LogP contribution in [-0.4, -0.2) is 18.0 Å². The summed E-state index contributed by atoms with van der Waals surface area (Å²) in [5, 5.41) is 11.4. The van der Waals surface area contributed by atoms with Gasteiger partial charge in [-0.25, -0.2) is 0 Å². The zero-order valence-corrected chi connectivity index (χ0v) is 15.5. The summed E-state index contributed by atoms with van der Waals surface area (Å²) in [7, 11) is 2.09. The Bertz CT molecular complexity index is 826. The van der Waals surface area contributed by atoms with Gasteiger partial charge in [0, 0.05) is 35.4 Å². The van der Waals surface area contributed by atoms with Crippen LogP contribution in [-0.2, 0) is 13.0 Å². The van der Waals surface area contributed by atoms with Crippen LogP contribution in [0.25, 0.3) is 0 Å². The van der Waals surface area contributed by atoms with Crippen molar-refractivity contribution >= 4 is 34.6 Å². The van der Waals surface area contributed by atoms with Crippen molar-refractivity contribution in [1.29, 1.82) is 0 Å². The molecule has 0 saturated carbocycles. The normalized spacial score (nSPS) is 16.5. The van der Waals surface area contributed by atoms with Gasteiger partial charge in [0.2, 0.25) is 0 Å². The Morgan fingerprint density at radius 3 is 2.80 bits per heavy atom. The van der Waals surface area contributed by atoms with Gasteiger partial charge < -0.3 is 9.64 Å². The van der Waals surface area contributed by atoms with Crippen LogP contribution in [0.5, 0.6) is 5.75 Å². The lowest BCUT2D eigenvalue weighted by Crippen LogP contribution is -2.33. The third kappa shape index (κ3) is 3.53. The first kappa shape index (κ1) is 17.8. The van der Waals surface area contributed by atoms with Crippen LogP contribution in [0.1, 0.15) is 24.5 Å². The fourth-order valence-corrected chi connectivity index (χ4v) is 3.55. The first-order chi connectivity index (χ1) is 11.9. The molecule has 0 saturated heterocycles. The van der Waals surface area contributed by atoms with Gasteiger partial charge in [0.15, 0.2) is 0 Å². The predicted molar refractivity (Wildman–Crippen MR) is 100 cm³/mol. The summed E-state index contributed by atoms with van der Waals surface area (Å²) in [6, 6.07) is 9.22. The number of nitrogens with zero attached hydrogens (tertiary/aromatic N) is 2.